The highest BCUT2D eigenvalue weighted by Gasteiger charge is 2.24. The van der Waals surface area contributed by atoms with E-state index < -0.39 is 10.0 Å². The molecule has 0 radical (unpaired) electrons. The van der Waals surface area contributed by atoms with E-state index in [0.29, 0.717) is 32.7 Å². The Labute approximate surface area is 110 Å². The molecule has 1 rings (SSSR count). The summed E-state index contributed by atoms with van der Waals surface area (Å²) in [6.07, 6.45) is 0.834. The molecule has 0 amide bonds. The van der Waals surface area contributed by atoms with Crippen molar-refractivity contribution in [2.75, 3.05) is 58.2 Å². The second kappa shape index (κ2) is 8.06. The Morgan fingerprint density at radius 2 is 2.00 bits per heavy atom. The van der Waals surface area contributed by atoms with Crippen molar-refractivity contribution in [2.24, 2.45) is 0 Å². The minimum absolute atomic E-state index is 0.132. The summed E-state index contributed by atoms with van der Waals surface area (Å²) in [5.41, 5.74) is 0. The maximum Gasteiger partial charge on any atom is 0.215 e. The molecule has 1 saturated heterocycles. The first kappa shape index (κ1) is 15.8. The molecule has 1 aliphatic heterocycles. The highest BCUT2D eigenvalue weighted by atomic mass is 32.2. The van der Waals surface area contributed by atoms with Crippen molar-refractivity contribution in [3.05, 3.63) is 0 Å². The first-order valence-electron chi connectivity index (χ1n) is 6.62. The van der Waals surface area contributed by atoms with E-state index in [2.05, 4.69) is 10.2 Å². The normalized spacial score (nSPS) is 19.9. The van der Waals surface area contributed by atoms with Crippen LogP contribution in [0.4, 0.5) is 0 Å². The predicted molar refractivity (Wildman–Crippen MR) is 72.0 cm³/mol. The van der Waals surface area contributed by atoms with E-state index in [1.165, 1.54) is 0 Å². The molecule has 0 atom stereocenters. The molecule has 0 unspecified atom stereocenters. The average Bonchev–Trinajstić information content (AvgIpc) is 2.56. The molecule has 7 heteroatoms. The fourth-order valence-corrected chi connectivity index (χ4v) is 3.53. The molecule has 0 bridgehead atoms. The second-order valence-electron chi connectivity index (χ2n) is 4.49. The van der Waals surface area contributed by atoms with Crippen molar-refractivity contribution < 1.29 is 13.5 Å². The Bertz CT molecular complexity index is 321. The van der Waals surface area contributed by atoms with Crippen molar-refractivity contribution in [3.8, 4) is 0 Å². The highest BCUT2D eigenvalue weighted by Crippen LogP contribution is 2.08. The second-order valence-corrected chi connectivity index (χ2v) is 6.58. The monoisotopic (exact) mass is 279 g/mol. The Morgan fingerprint density at radius 3 is 2.67 bits per heavy atom. The van der Waals surface area contributed by atoms with Crippen LogP contribution in [0.3, 0.4) is 0 Å². The maximum atomic E-state index is 12.1. The van der Waals surface area contributed by atoms with Gasteiger partial charge in [0.05, 0.1) is 12.4 Å². The van der Waals surface area contributed by atoms with E-state index in [1.807, 2.05) is 6.92 Å². The molecule has 0 aromatic carbocycles. The van der Waals surface area contributed by atoms with E-state index >= 15 is 0 Å². The molecule has 108 valence electrons. The fraction of sp³-hybridized carbons (Fsp3) is 1.00. The van der Waals surface area contributed by atoms with Crippen LogP contribution in [0.25, 0.3) is 0 Å². The zero-order chi connectivity index (χ0) is 13.4. The standard InChI is InChI=1S/C11H25N3O3S/c1-2-12-4-11-18(16,17)14-6-3-5-13(7-8-14)9-10-15/h12,15H,2-11H2,1H3. The highest BCUT2D eigenvalue weighted by molar-refractivity contribution is 7.89. The third-order valence-corrected chi connectivity index (χ3v) is 5.02. The largest absolute Gasteiger partial charge is 0.395 e. The van der Waals surface area contributed by atoms with E-state index in [9.17, 15) is 8.42 Å². The van der Waals surface area contributed by atoms with Crippen LogP contribution < -0.4 is 5.32 Å². The van der Waals surface area contributed by atoms with Gasteiger partial charge in [-0.25, -0.2) is 12.7 Å². The summed E-state index contributed by atoms with van der Waals surface area (Å²) in [4.78, 5) is 2.11. The summed E-state index contributed by atoms with van der Waals surface area (Å²) in [6.45, 7) is 6.73. The minimum Gasteiger partial charge on any atom is -0.395 e. The molecule has 1 aliphatic rings. The van der Waals surface area contributed by atoms with Crippen LogP contribution in [0.1, 0.15) is 13.3 Å². The number of nitrogens with one attached hydrogen (secondary N) is 1. The van der Waals surface area contributed by atoms with E-state index in [4.69, 9.17) is 5.11 Å². The lowest BCUT2D eigenvalue weighted by Crippen LogP contribution is -2.39. The predicted octanol–water partition coefficient (Wildman–Crippen LogP) is -1.07. The van der Waals surface area contributed by atoms with Crippen molar-refractivity contribution in [3.63, 3.8) is 0 Å². The Morgan fingerprint density at radius 1 is 1.22 bits per heavy atom. The molecular weight excluding hydrogens is 254 g/mol. The van der Waals surface area contributed by atoms with Crippen LogP contribution in [0.15, 0.2) is 0 Å². The van der Waals surface area contributed by atoms with Crippen LogP contribution >= 0.6 is 0 Å². The van der Waals surface area contributed by atoms with Gasteiger partial charge in [-0.1, -0.05) is 6.92 Å². The molecule has 1 fully saturated rings. The third-order valence-electron chi connectivity index (χ3n) is 3.14. The fourth-order valence-electron chi connectivity index (χ4n) is 2.10. The van der Waals surface area contributed by atoms with Gasteiger partial charge in [0.1, 0.15) is 0 Å². The van der Waals surface area contributed by atoms with Crippen molar-refractivity contribution in [2.45, 2.75) is 13.3 Å². The molecule has 2 N–H and O–H groups in total. The van der Waals surface area contributed by atoms with Gasteiger partial charge in [-0.05, 0) is 19.5 Å². The molecule has 6 nitrogen and oxygen atoms in total. The van der Waals surface area contributed by atoms with Gasteiger partial charge in [0, 0.05) is 32.7 Å². The Hall–Kier alpha value is -0.210. The van der Waals surface area contributed by atoms with Gasteiger partial charge in [0.2, 0.25) is 10.0 Å². The first-order valence-corrected chi connectivity index (χ1v) is 8.23. The summed E-state index contributed by atoms with van der Waals surface area (Å²) >= 11 is 0. The van der Waals surface area contributed by atoms with Gasteiger partial charge in [-0.15, -0.1) is 0 Å². The van der Waals surface area contributed by atoms with Gasteiger partial charge in [-0.3, -0.25) is 4.90 Å². The lowest BCUT2D eigenvalue weighted by Gasteiger charge is -2.21. The Balaban J connectivity index is 2.45. The molecule has 18 heavy (non-hydrogen) atoms. The number of hydrogen-bond donors (Lipinski definition) is 2. The van der Waals surface area contributed by atoms with Crippen LogP contribution in [-0.4, -0.2) is 80.9 Å². The quantitative estimate of drug-likeness (QED) is 0.580. The molecular formula is C11H25N3O3S. The summed E-state index contributed by atoms with van der Waals surface area (Å²) in [6, 6.07) is 0. The molecule has 0 spiro atoms. The first-order chi connectivity index (χ1) is 8.60. The maximum absolute atomic E-state index is 12.1. The number of aliphatic hydroxyl groups excluding tert-OH is 1. The van der Waals surface area contributed by atoms with Gasteiger partial charge in [0.25, 0.3) is 0 Å². The van der Waals surface area contributed by atoms with Gasteiger partial charge in [-0.2, -0.15) is 0 Å². The lowest BCUT2D eigenvalue weighted by atomic mass is 10.4. The molecule has 1 heterocycles. The van der Waals surface area contributed by atoms with Crippen LogP contribution in [0, 0.1) is 0 Å². The third kappa shape index (κ3) is 5.19. The van der Waals surface area contributed by atoms with Gasteiger partial charge in [0.15, 0.2) is 0 Å². The molecule has 0 saturated carbocycles. The number of aliphatic hydroxyl groups is 1. The topological polar surface area (TPSA) is 72.9 Å². The van der Waals surface area contributed by atoms with Crippen molar-refractivity contribution in [1.82, 2.24) is 14.5 Å². The smallest absolute Gasteiger partial charge is 0.215 e. The summed E-state index contributed by atoms with van der Waals surface area (Å²) in [5.74, 6) is 0.167. The zero-order valence-corrected chi connectivity index (χ0v) is 12.0. The number of nitrogens with zero attached hydrogens (tertiary/aromatic N) is 2. The van der Waals surface area contributed by atoms with Crippen molar-refractivity contribution >= 4 is 10.0 Å². The van der Waals surface area contributed by atoms with E-state index in [0.717, 1.165) is 19.5 Å². The number of β-amino-alcohol motifs (C(OH)–C–C–N with tert-alkyl or cyclic N) is 1. The van der Waals surface area contributed by atoms with Crippen molar-refractivity contribution in [1.29, 1.82) is 0 Å². The van der Waals surface area contributed by atoms with Crippen LogP contribution in [0.5, 0.6) is 0 Å². The van der Waals surface area contributed by atoms with Gasteiger partial charge < -0.3 is 10.4 Å². The number of rotatable bonds is 7. The Kier molecular flexibility index (Phi) is 7.10. The number of sulfonamides is 1. The molecule has 0 aliphatic carbocycles. The van der Waals surface area contributed by atoms with Gasteiger partial charge >= 0.3 is 0 Å². The molecule has 0 aromatic heterocycles. The minimum atomic E-state index is -3.14. The van der Waals surface area contributed by atoms with E-state index in [1.54, 1.807) is 4.31 Å². The summed E-state index contributed by atoms with van der Waals surface area (Å²) in [5, 5.41) is 11.9. The van der Waals surface area contributed by atoms with Crippen LogP contribution in [-0.2, 0) is 10.0 Å². The summed E-state index contributed by atoms with van der Waals surface area (Å²) in [7, 11) is -3.14. The van der Waals surface area contributed by atoms with Crippen LogP contribution in [0.2, 0.25) is 0 Å². The summed E-state index contributed by atoms with van der Waals surface area (Å²) < 4.78 is 25.8. The molecule has 0 aromatic rings. The zero-order valence-electron chi connectivity index (χ0n) is 11.1. The SMILES string of the molecule is CCNCCS(=O)(=O)N1CCCN(CCO)CC1. The lowest BCUT2D eigenvalue weighted by molar-refractivity contribution is 0.202. The average molecular weight is 279 g/mol. The number of hydrogen-bond acceptors (Lipinski definition) is 5. The van der Waals surface area contributed by atoms with E-state index in [-0.39, 0.29) is 12.4 Å².